The zero-order valence-corrected chi connectivity index (χ0v) is 11.0. The Morgan fingerprint density at radius 3 is 2.95 bits per heavy atom. The predicted octanol–water partition coefficient (Wildman–Crippen LogP) is 0.442. The Morgan fingerprint density at radius 1 is 1.47 bits per heavy atom. The maximum Gasteiger partial charge on any atom is 0.236 e. The minimum Gasteiger partial charge on any atom is -0.449 e. The Kier molecular flexibility index (Phi) is 4.55. The zero-order chi connectivity index (χ0) is 13.7. The summed E-state index contributed by atoms with van der Waals surface area (Å²) >= 11 is 0. The summed E-state index contributed by atoms with van der Waals surface area (Å²) in [5, 5.41) is 8.69. The van der Waals surface area contributed by atoms with Crippen molar-refractivity contribution in [2.45, 2.75) is 6.54 Å². The van der Waals surface area contributed by atoms with E-state index in [-0.39, 0.29) is 5.91 Å². The normalized spacial score (nSPS) is 16.6. The molecule has 0 unspecified atom stereocenters. The largest absolute Gasteiger partial charge is 0.449 e. The minimum atomic E-state index is 0.107. The van der Waals surface area contributed by atoms with Crippen molar-refractivity contribution in [3.8, 4) is 6.07 Å². The lowest BCUT2D eigenvalue weighted by Gasteiger charge is -2.33. The topological polar surface area (TPSA) is 69.7 Å². The molecule has 6 nitrogen and oxygen atoms in total. The molecule has 0 aromatic carbocycles. The third-order valence-corrected chi connectivity index (χ3v) is 3.11. The van der Waals surface area contributed by atoms with Crippen molar-refractivity contribution in [1.29, 1.82) is 5.26 Å². The van der Waals surface area contributed by atoms with Crippen molar-refractivity contribution in [1.82, 2.24) is 9.80 Å². The lowest BCUT2D eigenvalue weighted by atomic mass is 10.3. The van der Waals surface area contributed by atoms with E-state index in [1.165, 1.54) is 0 Å². The number of ether oxygens (including phenoxy) is 1. The summed E-state index contributed by atoms with van der Waals surface area (Å²) in [7, 11) is 1.63. The Labute approximate surface area is 112 Å². The number of carbonyl (C=O) groups is 1. The number of piperazine rings is 1. The summed E-state index contributed by atoms with van der Waals surface area (Å²) in [5.41, 5.74) is 0. The Balaban J connectivity index is 1.85. The molecule has 1 aliphatic heterocycles. The van der Waals surface area contributed by atoms with Crippen LogP contribution in [0.25, 0.3) is 0 Å². The number of amides is 1. The zero-order valence-electron chi connectivity index (χ0n) is 11.0. The van der Waals surface area contributed by atoms with Crippen LogP contribution in [-0.2, 0) is 16.1 Å². The van der Waals surface area contributed by atoms with E-state index < -0.39 is 0 Å². The minimum absolute atomic E-state index is 0.107. The molecule has 2 rings (SSSR count). The van der Waals surface area contributed by atoms with Gasteiger partial charge in [0.25, 0.3) is 0 Å². The van der Waals surface area contributed by atoms with Gasteiger partial charge in [0.2, 0.25) is 11.7 Å². The molecule has 0 bridgehead atoms. The van der Waals surface area contributed by atoms with Gasteiger partial charge in [-0.15, -0.1) is 0 Å². The first-order valence-corrected chi connectivity index (χ1v) is 6.21. The van der Waals surface area contributed by atoms with Crippen LogP contribution in [0.5, 0.6) is 0 Å². The van der Waals surface area contributed by atoms with E-state index in [0.717, 1.165) is 12.3 Å². The van der Waals surface area contributed by atoms with E-state index in [4.69, 9.17) is 14.4 Å². The van der Waals surface area contributed by atoms with Gasteiger partial charge in [-0.25, -0.2) is 0 Å². The summed E-state index contributed by atoms with van der Waals surface area (Å²) in [6.45, 7) is 3.65. The highest BCUT2D eigenvalue weighted by Gasteiger charge is 2.24. The smallest absolute Gasteiger partial charge is 0.236 e. The lowest BCUT2D eigenvalue weighted by molar-refractivity contribution is -0.137. The van der Waals surface area contributed by atoms with Crippen molar-refractivity contribution in [3.05, 3.63) is 23.7 Å². The summed E-state index contributed by atoms with van der Waals surface area (Å²) < 4.78 is 10.3. The van der Waals surface area contributed by atoms with Crippen LogP contribution in [0.1, 0.15) is 11.5 Å². The van der Waals surface area contributed by atoms with Gasteiger partial charge in [0.05, 0.1) is 19.7 Å². The fourth-order valence-corrected chi connectivity index (χ4v) is 2.07. The number of rotatable bonds is 5. The standard InChI is InChI=1S/C13H17N3O3/c1-18-7-6-16-5-4-15(10-13(16)17)9-12-3-2-11(8-14)19-12/h2-3H,4-7,9-10H2,1H3. The monoisotopic (exact) mass is 263 g/mol. The third-order valence-electron chi connectivity index (χ3n) is 3.11. The van der Waals surface area contributed by atoms with Crippen molar-refractivity contribution in [3.63, 3.8) is 0 Å². The molecule has 19 heavy (non-hydrogen) atoms. The van der Waals surface area contributed by atoms with E-state index >= 15 is 0 Å². The van der Waals surface area contributed by atoms with Crippen molar-refractivity contribution in [2.75, 3.05) is 39.9 Å². The number of nitriles is 1. The second kappa shape index (κ2) is 6.36. The first-order valence-electron chi connectivity index (χ1n) is 6.21. The van der Waals surface area contributed by atoms with Crippen LogP contribution in [0, 0.1) is 11.3 Å². The molecular formula is C13H17N3O3. The molecule has 6 heteroatoms. The maximum atomic E-state index is 11.9. The van der Waals surface area contributed by atoms with Gasteiger partial charge in [0.1, 0.15) is 11.8 Å². The molecule has 1 aliphatic rings. The summed E-state index contributed by atoms with van der Waals surface area (Å²) in [5.74, 6) is 1.13. The number of nitrogens with zero attached hydrogens (tertiary/aromatic N) is 3. The van der Waals surface area contributed by atoms with Crippen LogP contribution in [0.4, 0.5) is 0 Å². The van der Waals surface area contributed by atoms with Crippen LogP contribution < -0.4 is 0 Å². The average Bonchev–Trinajstić information content (AvgIpc) is 2.85. The van der Waals surface area contributed by atoms with Crippen molar-refractivity contribution >= 4 is 5.91 Å². The van der Waals surface area contributed by atoms with Gasteiger partial charge in [-0.05, 0) is 12.1 Å². The van der Waals surface area contributed by atoms with Gasteiger partial charge < -0.3 is 14.1 Å². The fraction of sp³-hybridized carbons (Fsp3) is 0.538. The van der Waals surface area contributed by atoms with Crippen LogP contribution in [0.3, 0.4) is 0 Å². The Hall–Kier alpha value is -1.84. The third kappa shape index (κ3) is 3.56. The molecule has 0 aliphatic carbocycles. The van der Waals surface area contributed by atoms with E-state index in [0.29, 0.717) is 38.5 Å². The molecule has 1 aromatic heterocycles. The molecular weight excluding hydrogens is 246 g/mol. The van der Waals surface area contributed by atoms with Gasteiger partial charge in [0.15, 0.2) is 0 Å². The van der Waals surface area contributed by atoms with Crippen LogP contribution >= 0.6 is 0 Å². The average molecular weight is 263 g/mol. The van der Waals surface area contributed by atoms with E-state index in [2.05, 4.69) is 0 Å². The number of hydrogen-bond acceptors (Lipinski definition) is 5. The summed E-state index contributed by atoms with van der Waals surface area (Å²) in [6.07, 6.45) is 0. The molecule has 0 spiro atoms. The van der Waals surface area contributed by atoms with Crippen LogP contribution in [0.2, 0.25) is 0 Å². The van der Waals surface area contributed by atoms with E-state index in [9.17, 15) is 4.79 Å². The molecule has 1 aromatic rings. The SMILES string of the molecule is COCCN1CCN(Cc2ccc(C#N)o2)CC1=O. The lowest BCUT2D eigenvalue weighted by Crippen LogP contribution is -2.50. The van der Waals surface area contributed by atoms with Crippen LogP contribution in [-0.4, -0.2) is 55.6 Å². The van der Waals surface area contributed by atoms with Gasteiger partial charge >= 0.3 is 0 Å². The highest BCUT2D eigenvalue weighted by atomic mass is 16.5. The summed E-state index contributed by atoms with van der Waals surface area (Å²) in [4.78, 5) is 15.7. The highest BCUT2D eigenvalue weighted by Crippen LogP contribution is 2.12. The molecule has 0 atom stereocenters. The molecule has 102 valence electrons. The van der Waals surface area contributed by atoms with Crippen molar-refractivity contribution in [2.24, 2.45) is 0 Å². The summed E-state index contributed by atoms with van der Waals surface area (Å²) in [6, 6.07) is 5.37. The molecule has 0 saturated carbocycles. The van der Waals surface area contributed by atoms with Crippen molar-refractivity contribution < 1.29 is 13.9 Å². The number of furan rings is 1. The van der Waals surface area contributed by atoms with E-state index in [1.54, 1.807) is 19.2 Å². The molecule has 1 amide bonds. The Bertz CT molecular complexity index is 478. The molecule has 2 heterocycles. The quantitative estimate of drug-likeness (QED) is 0.771. The van der Waals surface area contributed by atoms with Gasteiger partial charge in [0, 0.05) is 26.7 Å². The first-order chi connectivity index (χ1) is 9.22. The molecule has 1 fully saturated rings. The fourth-order valence-electron chi connectivity index (χ4n) is 2.07. The predicted molar refractivity (Wildman–Crippen MR) is 67.2 cm³/mol. The van der Waals surface area contributed by atoms with Gasteiger partial charge in [-0.1, -0.05) is 0 Å². The molecule has 0 N–H and O–H groups in total. The number of methoxy groups -OCH3 is 1. The van der Waals surface area contributed by atoms with Gasteiger partial charge in [-0.3, -0.25) is 9.69 Å². The second-order valence-electron chi connectivity index (χ2n) is 4.46. The van der Waals surface area contributed by atoms with E-state index in [1.807, 2.05) is 15.9 Å². The Morgan fingerprint density at radius 2 is 2.32 bits per heavy atom. The second-order valence-corrected chi connectivity index (χ2v) is 4.46. The molecule has 1 saturated heterocycles. The molecule has 0 radical (unpaired) electrons. The number of hydrogen-bond donors (Lipinski definition) is 0. The highest BCUT2D eigenvalue weighted by molar-refractivity contribution is 5.79. The first kappa shape index (κ1) is 13.6. The number of carbonyl (C=O) groups excluding carboxylic acids is 1. The van der Waals surface area contributed by atoms with Crippen LogP contribution in [0.15, 0.2) is 16.5 Å². The maximum absolute atomic E-state index is 11.9. The van der Waals surface area contributed by atoms with Gasteiger partial charge in [-0.2, -0.15) is 5.26 Å².